The molecular weight excluding hydrogens is 278 g/mol. The van der Waals surface area contributed by atoms with Crippen LogP contribution in [0.1, 0.15) is 19.4 Å². The fourth-order valence-corrected chi connectivity index (χ4v) is 1.88. The summed E-state index contributed by atoms with van der Waals surface area (Å²) >= 11 is 0. The van der Waals surface area contributed by atoms with Crippen LogP contribution in [-0.2, 0) is 0 Å². The first kappa shape index (κ1) is 15.7. The average molecular weight is 299 g/mol. The van der Waals surface area contributed by atoms with Crippen LogP contribution in [0, 0.1) is 6.92 Å². The Labute approximate surface area is 130 Å². The Bertz CT molecular complexity index is 651. The third-order valence-corrected chi connectivity index (χ3v) is 3.01. The Hall–Kier alpha value is -2.69. The van der Waals surface area contributed by atoms with Crippen LogP contribution in [0.2, 0.25) is 0 Å². The summed E-state index contributed by atoms with van der Waals surface area (Å²) < 4.78 is 5.75. The summed E-state index contributed by atoms with van der Waals surface area (Å²) in [6, 6.07) is 12.6. The van der Waals surface area contributed by atoms with E-state index in [0.717, 1.165) is 17.0 Å². The molecule has 0 aromatic heterocycles. The quantitative estimate of drug-likeness (QED) is 0.749. The molecule has 2 aromatic rings. The van der Waals surface area contributed by atoms with Crippen molar-refractivity contribution in [3.05, 3.63) is 48.0 Å². The number of amides is 2. The van der Waals surface area contributed by atoms with Gasteiger partial charge in [-0.3, -0.25) is 0 Å². The van der Waals surface area contributed by atoms with Gasteiger partial charge in [-0.1, -0.05) is 0 Å². The molecule has 0 unspecified atom stereocenters. The highest BCUT2D eigenvalue weighted by molar-refractivity contribution is 5.89. The van der Waals surface area contributed by atoms with Crippen LogP contribution in [0.15, 0.2) is 42.5 Å². The number of anilines is 2. The van der Waals surface area contributed by atoms with Gasteiger partial charge in [0.25, 0.3) is 0 Å². The summed E-state index contributed by atoms with van der Waals surface area (Å²) in [6.07, 6.45) is 0. The number of aryl methyl sites for hydroxylation is 1. The number of hydrogen-bond acceptors (Lipinski definition) is 3. The Morgan fingerprint density at radius 3 is 2.32 bits per heavy atom. The zero-order chi connectivity index (χ0) is 16.1. The number of nitrogens with one attached hydrogen (secondary N) is 2. The van der Waals surface area contributed by atoms with Gasteiger partial charge in [0.05, 0.1) is 0 Å². The average Bonchev–Trinajstić information content (AvgIpc) is 2.44. The highest BCUT2D eigenvalue weighted by Crippen LogP contribution is 2.25. The second kappa shape index (κ2) is 6.85. The molecule has 0 radical (unpaired) electrons. The molecule has 5 heteroatoms. The van der Waals surface area contributed by atoms with E-state index in [1.165, 1.54) is 0 Å². The SMILES string of the molecule is Cc1cc(Oc2ccc(NC(=O)NC(C)C)cc2)ccc1N. The van der Waals surface area contributed by atoms with Gasteiger partial charge in [0.15, 0.2) is 0 Å². The van der Waals surface area contributed by atoms with Gasteiger partial charge in [-0.25, -0.2) is 4.79 Å². The molecule has 5 nitrogen and oxygen atoms in total. The first-order valence-electron chi connectivity index (χ1n) is 7.15. The molecule has 4 N–H and O–H groups in total. The first-order chi connectivity index (χ1) is 10.4. The van der Waals surface area contributed by atoms with Crippen LogP contribution in [0.5, 0.6) is 11.5 Å². The van der Waals surface area contributed by atoms with Crippen LogP contribution >= 0.6 is 0 Å². The van der Waals surface area contributed by atoms with Gasteiger partial charge >= 0.3 is 6.03 Å². The number of rotatable bonds is 4. The Morgan fingerprint density at radius 1 is 1.09 bits per heavy atom. The van der Waals surface area contributed by atoms with Crippen LogP contribution < -0.4 is 21.1 Å². The van der Waals surface area contributed by atoms with Gasteiger partial charge in [0, 0.05) is 17.4 Å². The lowest BCUT2D eigenvalue weighted by Gasteiger charge is -2.11. The summed E-state index contributed by atoms with van der Waals surface area (Å²) in [5.41, 5.74) is 8.20. The molecule has 2 aromatic carbocycles. The van der Waals surface area contributed by atoms with E-state index in [1.54, 1.807) is 24.3 Å². The minimum atomic E-state index is -0.224. The molecule has 0 bridgehead atoms. The van der Waals surface area contributed by atoms with E-state index in [-0.39, 0.29) is 12.1 Å². The predicted octanol–water partition coefficient (Wildman–Crippen LogP) is 3.90. The Balaban J connectivity index is 1.99. The van der Waals surface area contributed by atoms with Crippen molar-refractivity contribution in [2.75, 3.05) is 11.1 Å². The molecule has 0 heterocycles. The van der Waals surface area contributed by atoms with Gasteiger partial charge in [-0.15, -0.1) is 0 Å². The highest BCUT2D eigenvalue weighted by Gasteiger charge is 2.04. The number of urea groups is 1. The Kier molecular flexibility index (Phi) is 4.88. The zero-order valence-electron chi connectivity index (χ0n) is 13.0. The lowest BCUT2D eigenvalue weighted by Crippen LogP contribution is -2.34. The maximum absolute atomic E-state index is 11.6. The molecule has 0 atom stereocenters. The molecule has 2 rings (SSSR count). The smallest absolute Gasteiger partial charge is 0.319 e. The minimum absolute atomic E-state index is 0.0939. The van der Waals surface area contributed by atoms with Crippen LogP contribution in [0.3, 0.4) is 0 Å². The van der Waals surface area contributed by atoms with Crippen molar-refractivity contribution in [1.29, 1.82) is 0 Å². The molecule has 0 aliphatic carbocycles. The molecule has 22 heavy (non-hydrogen) atoms. The summed E-state index contributed by atoms with van der Waals surface area (Å²) in [6.45, 7) is 5.75. The number of carbonyl (C=O) groups is 1. The van der Waals surface area contributed by atoms with Crippen LogP contribution in [-0.4, -0.2) is 12.1 Å². The van der Waals surface area contributed by atoms with Gasteiger partial charge in [-0.05, 0) is 68.8 Å². The van der Waals surface area contributed by atoms with Gasteiger partial charge in [0.2, 0.25) is 0 Å². The summed E-state index contributed by atoms with van der Waals surface area (Å²) in [4.78, 5) is 11.6. The topological polar surface area (TPSA) is 76.4 Å². The van der Waals surface area contributed by atoms with E-state index in [9.17, 15) is 4.79 Å². The lowest BCUT2D eigenvalue weighted by molar-refractivity contribution is 0.250. The molecular formula is C17H21N3O2. The lowest BCUT2D eigenvalue weighted by atomic mass is 10.2. The van der Waals surface area contributed by atoms with Gasteiger partial charge in [-0.2, -0.15) is 0 Å². The molecule has 0 spiro atoms. The van der Waals surface area contributed by atoms with E-state index in [1.807, 2.05) is 39.0 Å². The minimum Gasteiger partial charge on any atom is -0.457 e. The van der Waals surface area contributed by atoms with Gasteiger partial charge in [0.1, 0.15) is 11.5 Å². The number of ether oxygens (including phenoxy) is 1. The van der Waals surface area contributed by atoms with Crippen molar-refractivity contribution in [2.45, 2.75) is 26.8 Å². The number of nitrogens with two attached hydrogens (primary N) is 1. The van der Waals surface area contributed by atoms with E-state index in [4.69, 9.17) is 10.5 Å². The fourth-order valence-electron chi connectivity index (χ4n) is 1.88. The molecule has 116 valence electrons. The van der Waals surface area contributed by atoms with Crippen LogP contribution in [0.25, 0.3) is 0 Å². The van der Waals surface area contributed by atoms with Crippen LogP contribution in [0.4, 0.5) is 16.2 Å². The van der Waals surface area contributed by atoms with Crippen molar-refractivity contribution in [3.63, 3.8) is 0 Å². The van der Waals surface area contributed by atoms with Crippen molar-refractivity contribution in [1.82, 2.24) is 5.32 Å². The number of benzene rings is 2. The van der Waals surface area contributed by atoms with Crippen molar-refractivity contribution < 1.29 is 9.53 Å². The van der Waals surface area contributed by atoms with Gasteiger partial charge < -0.3 is 21.1 Å². The standard InChI is InChI=1S/C17H21N3O2/c1-11(2)19-17(21)20-13-4-6-14(7-5-13)22-15-8-9-16(18)12(3)10-15/h4-11H,18H2,1-3H3,(H2,19,20,21). The molecule has 0 aliphatic heterocycles. The van der Waals surface area contributed by atoms with E-state index in [2.05, 4.69) is 10.6 Å². The third-order valence-electron chi connectivity index (χ3n) is 3.01. The highest BCUT2D eigenvalue weighted by atomic mass is 16.5. The number of nitrogen functional groups attached to an aromatic ring is 1. The van der Waals surface area contributed by atoms with E-state index in [0.29, 0.717) is 11.4 Å². The number of carbonyl (C=O) groups excluding carboxylic acids is 1. The maximum Gasteiger partial charge on any atom is 0.319 e. The molecule has 0 saturated heterocycles. The third kappa shape index (κ3) is 4.41. The summed E-state index contributed by atoms with van der Waals surface area (Å²) in [7, 11) is 0. The second-order valence-electron chi connectivity index (χ2n) is 5.40. The predicted molar refractivity (Wildman–Crippen MR) is 89.4 cm³/mol. The summed E-state index contributed by atoms with van der Waals surface area (Å²) in [5.74, 6) is 1.42. The Morgan fingerprint density at radius 2 is 1.73 bits per heavy atom. The molecule has 2 amide bonds. The van der Waals surface area contributed by atoms with Crippen molar-refractivity contribution in [2.24, 2.45) is 0 Å². The largest absolute Gasteiger partial charge is 0.457 e. The number of hydrogen-bond donors (Lipinski definition) is 3. The second-order valence-corrected chi connectivity index (χ2v) is 5.40. The van der Waals surface area contributed by atoms with Crippen molar-refractivity contribution in [3.8, 4) is 11.5 Å². The molecule has 0 aliphatic rings. The normalized spacial score (nSPS) is 10.4. The van der Waals surface area contributed by atoms with E-state index >= 15 is 0 Å². The monoisotopic (exact) mass is 299 g/mol. The fraction of sp³-hybridized carbons (Fsp3) is 0.235. The van der Waals surface area contributed by atoms with E-state index < -0.39 is 0 Å². The zero-order valence-corrected chi connectivity index (χ0v) is 13.0. The molecule has 0 saturated carbocycles. The summed E-state index contributed by atoms with van der Waals surface area (Å²) in [5, 5.41) is 5.52. The first-order valence-corrected chi connectivity index (χ1v) is 7.15. The maximum atomic E-state index is 11.6. The molecule has 0 fully saturated rings. The van der Waals surface area contributed by atoms with Crippen molar-refractivity contribution >= 4 is 17.4 Å².